The molecule has 5 heteroatoms. The first-order valence-corrected chi connectivity index (χ1v) is 5.62. The molecule has 0 aliphatic rings. The van der Waals surface area contributed by atoms with Gasteiger partial charge in [0, 0.05) is 23.8 Å². The molecule has 0 bridgehead atoms. The van der Waals surface area contributed by atoms with Crippen LogP contribution in [-0.2, 0) is 0 Å². The summed E-state index contributed by atoms with van der Waals surface area (Å²) in [5, 5.41) is 0. The van der Waals surface area contributed by atoms with Crippen LogP contribution in [0.3, 0.4) is 0 Å². The first-order chi connectivity index (χ1) is 9.52. The SMILES string of the molecule is C=CCOc1cc(F)c(-c2cc(F)[c]cc2F)c(F)c1. The van der Waals surface area contributed by atoms with Crippen molar-refractivity contribution in [3.8, 4) is 16.9 Å². The van der Waals surface area contributed by atoms with E-state index in [1.165, 1.54) is 6.08 Å². The summed E-state index contributed by atoms with van der Waals surface area (Å²) >= 11 is 0. The van der Waals surface area contributed by atoms with Gasteiger partial charge in [0.05, 0.1) is 5.56 Å². The minimum absolute atomic E-state index is 0.0629. The van der Waals surface area contributed by atoms with Gasteiger partial charge in [-0.15, -0.1) is 0 Å². The van der Waals surface area contributed by atoms with Gasteiger partial charge < -0.3 is 4.74 Å². The Bertz CT molecular complexity index is 629. The van der Waals surface area contributed by atoms with E-state index in [-0.39, 0.29) is 12.4 Å². The molecule has 103 valence electrons. The smallest absolute Gasteiger partial charge is 0.137 e. The first-order valence-electron chi connectivity index (χ1n) is 5.62. The third-order valence-electron chi connectivity index (χ3n) is 2.52. The molecule has 2 aromatic rings. The van der Waals surface area contributed by atoms with Gasteiger partial charge >= 0.3 is 0 Å². The highest BCUT2D eigenvalue weighted by Crippen LogP contribution is 2.31. The molecule has 0 saturated carbocycles. The van der Waals surface area contributed by atoms with Gasteiger partial charge in [0.1, 0.15) is 35.6 Å². The van der Waals surface area contributed by atoms with Crippen LogP contribution in [0.4, 0.5) is 17.6 Å². The summed E-state index contributed by atoms with van der Waals surface area (Å²) < 4.78 is 59.4. The predicted octanol–water partition coefficient (Wildman–Crippen LogP) is 4.27. The number of ether oxygens (including phenoxy) is 1. The maximum Gasteiger partial charge on any atom is 0.137 e. The van der Waals surface area contributed by atoms with Crippen LogP contribution in [0.5, 0.6) is 5.75 Å². The second-order valence-electron chi connectivity index (χ2n) is 3.90. The Kier molecular flexibility index (Phi) is 4.08. The van der Waals surface area contributed by atoms with E-state index >= 15 is 0 Å². The van der Waals surface area contributed by atoms with E-state index in [2.05, 4.69) is 6.58 Å². The van der Waals surface area contributed by atoms with Crippen molar-refractivity contribution in [3.63, 3.8) is 0 Å². The summed E-state index contributed by atoms with van der Waals surface area (Å²) in [6, 6.07) is 5.13. The summed E-state index contributed by atoms with van der Waals surface area (Å²) in [4.78, 5) is 0. The van der Waals surface area contributed by atoms with Crippen LogP contribution in [0.1, 0.15) is 0 Å². The molecule has 0 fully saturated rings. The zero-order valence-electron chi connectivity index (χ0n) is 10.2. The standard InChI is InChI=1S/C15H9F4O/c1-2-5-20-10-7-13(18)15(14(19)8-10)11-6-9(16)3-4-12(11)17/h2,4,6-8H,1,5H2. The fourth-order valence-corrected chi connectivity index (χ4v) is 1.68. The molecular formula is C15H9F4O. The van der Waals surface area contributed by atoms with Crippen LogP contribution in [0.25, 0.3) is 11.1 Å². The summed E-state index contributed by atoms with van der Waals surface area (Å²) in [5.41, 5.74) is -1.16. The second-order valence-corrected chi connectivity index (χ2v) is 3.90. The van der Waals surface area contributed by atoms with Crippen molar-refractivity contribution >= 4 is 0 Å². The van der Waals surface area contributed by atoms with Gasteiger partial charge in [-0.3, -0.25) is 0 Å². The average Bonchev–Trinajstić information content (AvgIpc) is 2.39. The van der Waals surface area contributed by atoms with E-state index < -0.39 is 34.4 Å². The highest BCUT2D eigenvalue weighted by atomic mass is 19.1. The Morgan fingerprint density at radius 3 is 2.30 bits per heavy atom. The van der Waals surface area contributed by atoms with Gasteiger partial charge in [-0.2, -0.15) is 0 Å². The molecule has 0 atom stereocenters. The molecule has 1 nitrogen and oxygen atoms in total. The molecule has 0 aromatic heterocycles. The fourth-order valence-electron chi connectivity index (χ4n) is 1.68. The van der Waals surface area contributed by atoms with Crippen LogP contribution >= 0.6 is 0 Å². The van der Waals surface area contributed by atoms with Gasteiger partial charge in [0.25, 0.3) is 0 Å². The Morgan fingerprint density at radius 1 is 1.05 bits per heavy atom. The highest BCUT2D eigenvalue weighted by molar-refractivity contribution is 5.66. The number of hydrogen-bond donors (Lipinski definition) is 0. The van der Waals surface area contributed by atoms with Crippen LogP contribution in [0.2, 0.25) is 0 Å². The predicted molar refractivity (Wildman–Crippen MR) is 66.2 cm³/mol. The van der Waals surface area contributed by atoms with Crippen molar-refractivity contribution in [1.29, 1.82) is 0 Å². The molecule has 0 aliphatic heterocycles. The summed E-state index contributed by atoms with van der Waals surface area (Å²) in [6.07, 6.45) is 1.41. The largest absolute Gasteiger partial charge is 0.489 e. The van der Waals surface area contributed by atoms with Crippen LogP contribution < -0.4 is 4.74 Å². The third kappa shape index (κ3) is 2.82. The molecule has 0 aliphatic carbocycles. The van der Waals surface area contributed by atoms with Gasteiger partial charge in [-0.25, -0.2) is 17.6 Å². The average molecular weight is 281 g/mol. The molecule has 0 amide bonds. The molecule has 1 radical (unpaired) electrons. The Morgan fingerprint density at radius 2 is 1.70 bits per heavy atom. The molecule has 0 saturated heterocycles. The molecule has 0 N–H and O–H groups in total. The molecule has 2 rings (SSSR count). The van der Waals surface area contributed by atoms with E-state index in [9.17, 15) is 17.6 Å². The molecule has 0 spiro atoms. The van der Waals surface area contributed by atoms with E-state index in [4.69, 9.17) is 4.74 Å². The van der Waals surface area contributed by atoms with Crippen LogP contribution in [0.15, 0.2) is 36.9 Å². The van der Waals surface area contributed by atoms with Crippen molar-refractivity contribution in [2.24, 2.45) is 0 Å². The quantitative estimate of drug-likeness (QED) is 0.600. The topological polar surface area (TPSA) is 9.23 Å². The Hall–Kier alpha value is -2.30. The van der Waals surface area contributed by atoms with Crippen LogP contribution in [-0.4, -0.2) is 6.61 Å². The van der Waals surface area contributed by atoms with E-state index in [0.29, 0.717) is 12.1 Å². The first kappa shape index (κ1) is 14.1. The van der Waals surface area contributed by atoms with Crippen LogP contribution in [0, 0.1) is 29.3 Å². The molecule has 0 unspecified atom stereocenters. The molecule has 20 heavy (non-hydrogen) atoms. The van der Waals surface area contributed by atoms with Crippen molar-refractivity contribution in [2.45, 2.75) is 0 Å². The van der Waals surface area contributed by atoms with E-state index in [1.54, 1.807) is 0 Å². The summed E-state index contributed by atoms with van der Waals surface area (Å²) in [6.45, 7) is 3.47. The number of halogens is 4. The molecular weight excluding hydrogens is 272 g/mol. The monoisotopic (exact) mass is 281 g/mol. The number of benzene rings is 2. The fraction of sp³-hybridized carbons (Fsp3) is 0.0667. The Balaban J connectivity index is 2.52. The van der Waals surface area contributed by atoms with Crippen molar-refractivity contribution in [1.82, 2.24) is 0 Å². The summed E-state index contributed by atoms with van der Waals surface area (Å²) in [5.74, 6) is -4.04. The highest BCUT2D eigenvalue weighted by Gasteiger charge is 2.18. The Labute approximate surface area is 113 Å². The lowest BCUT2D eigenvalue weighted by molar-refractivity contribution is 0.358. The van der Waals surface area contributed by atoms with Gasteiger partial charge in [0.15, 0.2) is 0 Å². The van der Waals surface area contributed by atoms with E-state index in [0.717, 1.165) is 12.1 Å². The summed E-state index contributed by atoms with van der Waals surface area (Å²) in [7, 11) is 0. The lowest BCUT2D eigenvalue weighted by Gasteiger charge is -2.10. The number of rotatable bonds is 4. The molecule has 2 aromatic carbocycles. The maximum atomic E-state index is 13.9. The maximum absolute atomic E-state index is 13.9. The van der Waals surface area contributed by atoms with Crippen molar-refractivity contribution in [2.75, 3.05) is 6.61 Å². The lowest BCUT2D eigenvalue weighted by atomic mass is 10.0. The zero-order valence-corrected chi connectivity index (χ0v) is 10.2. The minimum atomic E-state index is -1.05. The normalized spacial score (nSPS) is 10.4. The third-order valence-corrected chi connectivity index (χ3v) is 2.52. The number of hydrogen-bond acceptors (Lipinski definition) is 1. The second kappa shape index (κ2) is 5.77. The van der Waals surface area contributed by atoms with Crippen molar-refractivity contribution < 1.29 is 22.3 Å². The van der Waals surface area contributed by atoms with Crippen molar-refractivity contribution in [3.05, 3.63) is 66.3 Å². The van der Waals surface area contributed by atoms with Gasteiger partial charge in [-0.1, -0.05) is 12.7 Å². The lowest BCUT2D eigenvalue weighted by Crippen LogP contribution is -1.98. The van der Waals surface area contributed by atoms with E-state index in [1.807, 2.05) is 6.07 Å². The van der Waals surface area contributed by atoms with Gasteiger partial charge in [-0.05, 0) is 12.1 Å². The zero-order chi connectivity index (χ0) is 14.7. The minimum Gasteiger partial charge on any atom is -0.489 e. The molecule has 0 heterocycles. The van der Waals surface area contributed by atoms with Gasteiger partial charge in [0.2, 0.25) is 0 Å².